The second-order valence-electron chi connectivity index (χ2n) is 5.01. The molecule has 2 aromatic rings. The standard InChI is InChI=1S/C17H21NO/c1-13-7-6-10-16(11-13)17(18-14(2)12-19)15-8-4-3-5-9-15/h3-11,14,17-19H,12H2,1-2H3. The first kappa shape index (κ1) is 13.8. The summed E-state index contributed by atoms with van der Waals surface area (Å²) in [5.74, 6) is 0. The third-order valence-electron chi connectivity index (χ3n) is 3.23. The van der Waals surface area contributed by atoms with Gasteiger partial charge in [0.2, 0.25) is 0 Å². The van der Waals surface area contributed by atoms with E-state index >= 15 is 0 Å². The van der Waals surface area contributed by atoms with Crippen LogP contribution < -0.4 is 5.32 Å². The van der Waals surface area contributed by atoms with Crippen molar-refractivity contribution in [1.29, 1.82) is 0 Å². The van der Waals surface area contributed by atoms with Gasteiger partial charge in [-0.15, -0.1) is 0 Å². The van der Waals surface area contributed by atoms with Crippen LogP contribution in [0.3, 0.4) is 0 Å². The van der Waals surface area contributed by atoms with E-state index in [4.69, 9.17) is 0 Å². The molecule has 2 heteroatoms. The van der Waals surface area contributed by atoms with E-state index in [0.717, 1.165) is 0 Å². The number of aliphatic hydroxyl groups excluding tert-OH is 1. The molecule has 0 aliphatic heterocycles. The molecule has 100 valence electrons. The van der Waals surface area contributed by atoms with Crippen LogP contribution in [0.5, 0.6) is 0 Å². The maximum atomic E-state index is 9.27. The molecule has 0 aromatic heterocycles. The lowest BCUT2D eigenvalue weighted by molar-refractivity contribution is 0.245. The summed E-state index contributed by atoms with van der Waals surface area (Å²) in [7, 11) is 0. The zero-order valence-corrected chi connectivity index (χ0v) is 11.5. The molecule has 0 radical (unpaired) electrons. The van der Waals surface area contributed by atoms with Gasteiger partial charge in [0.05, 0.1) is 12.6 Å². The Balaban J connectivity index is 2.34. The molecule has 0 aliphatic rings. The lowest BCUT2D eigenvalue weighted by Gasteiger charge is -2.23. The Bertz CT molecular complexity index is 510. The first-order chi connectivity index (χ1) is 9.20. The summed E-state index contributed by atoms with van der Waals surface area (Å²) in [4.78, 5) is 0. The highest BCUT2D eigenvalue weighted by Gasteiger charge is 2.15. The molecule has 2 nitrogen and oxygen atoms in total. The van der Waals surface area contributed by atoms with Gasteiger partial charge in [-0.05, 0) is 25.0 Å². The maximum absolute atomic E-state index is 9.27. The molecule has 0 spiro atoms. The van der Waals surface area contributed by atoms with E-state index in [1.807, 2.05) is 25.1 Å². The van der Waals surface area contributed by atoms with Crippen molar-refractivity contribution in [1.82, 2.24) is 5.32 Å². The zero-order chi connectivity index (χ0) is 13.7. The molecule has 2 aromatic carbocycles. The summed E-state index contributed by atoms with van der Waals surface area (Å²) >= 11 is 0. The Hall–Kier alpha value is -1.64. The number of aryl methyl sites for hydroxylation is 1. The van der Waals surface area contributed by atoms with Crippen LogP contribution in [-0.2, 0) is 0 Å². The summed E-state index contributed by atoms with van der Waals surface area (Å²) in [6.45, 7) is 4.22. The van der Waals surface area contributed by atoms with E-state index in [0.29, 0.717) is 0 Å². The topological polar surface area (TPSA) is 32.3 Å². The molecule has 2 rings (SSSR count). The van der Waals surface area contributed by atoms with E-state index in [9.17, 15) is 5.11 Å². The lowest BCUT2D eigenvalue weighted by atomic mass is 9.96. The van der Waals surface area contributed by atoms with Crippen molar-refractivity contribution in [2.24, 2.45) is 0 Å². The monoisotopic (exact) mass is 255 g/mol. The van der Waals surface area contributed by atoms with Gasteiger partial charge in [0.25, 0.3) is 0 Å². The summed E-state index contributed by atoms with van der Waals surface area (Å²) in [6, 6.07) is 19.0. The Morgan fingerprint density at radius 1 is 1.00 bits per heavy atom. The highest BCUT2D eigenvalue weighted by molar-refractivity contribution is 5.34. The first-order valence-corrected chi connectivity index (χ1v) is 6.69. The van der Waals surface area contributed by atoms with Crippen molar-refractivity contribution < 1.29 is 5.11 Å². The molecule has 0 heterocycles. The van der Waals surface area contributed by atoms with E-state index in [1.54, 1.807) is 0 Å². The van der Waals surface area contributed by atoms with Gasteiger partial charge in [0.1, 0.15) is 0 Å². The Morgan fingerprint density at radius 3 is 2.32 bits per heavy atom. The summed E-state index contributed by atoms with van der Waals surface area (Å²) in [6.07, 6.45) is 0. The quantitative estimate of drug-likeness (QED) is 0.860. The number of hydrogen-bond donors (Lipinski definition) is 2. The molecule has 0 fully saturated rings. The van der Waals surface area contributed by atoms with Gasteiger partial charge in [-0.1, -0.05) is 60.2 Å². The van der Waals surface area contributed by atoms with Crippen molar-refractivity contribution in [3.63, 3.8) is 0 Å². The molecule has 0 saturated carbocycles. The highest BCUT2D eigenvalue weighted by atomic mass is 16.3. The summed E-state index contributed by atoms with van der Waals surface area (Å²) in [5, 5.41) is 12.7. The molecule has 0 aliphatic carbocycles. The van der Waals surface area contributed by atoms with Crippen LogP contribution in [0, 0.1) is 6.92 Å². The van der Waals surface area contributed by atoms with Crippen molar-refractivity contribution in [2.45, 2.75) is 25.9 Å². The number of aliphatic hydroxyl groups is 1. The fraction of sp³-hybridized carbons (Fsp3) is 0.294. The normalized spacial score (nSPS) is 14.1. The Kier molecular flexibility index (Phi) is 4.72. The smallest absolute Gasteiger partial charge is 0.0582 e. The van der Waals surface area contributed by atoms with Crippen LogP contribution in [0.1, 0.15) is 29.7 Å². The third-order valence-corrected chi connectivity index (χ3v) is 3.23. The van der Waals surface area contributed by atoms with E-state index in [2.05, 4.69) is 48.6 Å². The van der Waals surface area contributed by atoms with Gasteiger partial charge in [-0.25, -0.2) is 0 Å². The molecule has 0 amide bonds. The second-order valence-corrected chi connectivity index (χ2v) is 5.01. The molecule has 2 N–H and O–H groups in total. The van der Waals surface area contributed by atoms with Gasteiger partial charge >= 0.3 is 0 Å². The van der Waals surface area contributed by atoms with Gasteiger partial charge in [0, 0.05) is 6.04 Å². The van der Waals surface area contributed by atoms with Crippen LogP contribution in [0.4, 0.5) is 0 Å². The fourth-order valence-corrected chi connectivity index (χ4v) is 2.22. The highest BCUT2D eigenvalue weighted by Crippen LogP contribution is 2.23. The molecule has 0 bridgehead atoms. The number of rotatable bonds is 5. The molecular weight excluding hydrogens is 234 g/mol. The molecule has 0 saturated heterocycles. The fourth-order valence-electron chi connectivity index (χ4n) is 2.22. The van der Waals surface area contributed by atoms with Crippen molar-refractivity contribution in [3.05, 3.63) is 71.3 Å². The van der Waals surface area contributed by atoms with Gasteiger partial charge in [0.15, 0.2) is 0 Å². The molecular formula is C17H21NO. The predicted octanol–water partition coefficient (Wildman–Crippen LogP) is 3.05. The van der Waals surface area contributed by atoms with Crippen LogP contribution in [0.15, 0.2) is 54.6 Å². The molecule has 2 atom stereocenters. The number of benzene rings is 2. The minimum atomic E-state index is 0.0609. The average Bonchev–Trinajstić information content (AvgIpc) is 2.45. The minimum absolute atomic E-state index is 0.0609. The average molecular weight is 255 g/mol. The van der Waals surface area contributed by atoms with E-state index in [-0.39, 0.29) is 18.7 Å². The van der Waals surface area contributed by atoms with Crippen LogP contribution in [-0.4, -0.2) is 17.8 Å². The third kappa shape index (κ3) is 3.66. The number of nitrogens with one attached hydrogen (secondary N) is 1. The van der Waals surface area contributed by atoms with E-state index < -0.39 is 0 Å². The van der Waals surface area contributed by atoms with Crippen molar-refractivity contribution in [2.75, 3.05) is 6.61 Å². The van der Waals surface area contributed by atoms with Crippen LogP contribution in [0.2, 0.25) is 0 Å². The van der Waals surface area contributed by atoms with Crippen molar-refractivity contribution >= 4 is 0 Å². The molecule has 2 unspecified atom stereocenters. The van der Waals surface area contributed by atoms with Gasteiger partial charge in [-0.2, -0.15) is 0 Å². The largest absolute Gasteiger partial charge is 0.395 e. The zero-order valence-electron chi connectivity index (χ0n) is 11.5. The number of hydrogen-bond acceptors (Lipinski definition) is 2. The SMILES string of the molecule is Cc1cccc(C(NC(C)CO)c2ccccc2)c1. The van der Waals surface area contributed by atoms with Crippen molar-refractivity contribution in [3.8, 4) is 0 Å². The maximum Gasteiger partial charge on any atom is 0.0582 e. The molecule has 19 heavy (non-hydrogen) atoms. The van der Waals surface area contributed by atoms with E-state index in [1.165, 1.54) is 16.7 Å². The predicted molar refractivity (Wildman–Crippen MR) is 79.1 cm³/mol. The van der Waals surface area contributed by atoms with Gasteiger partial charge in [-0.3, -0.25) is 0 Å². The second kappa shape index (κ2) is 6.50. The van der Waals surface area contributed by atoms with Crippen LogP contribution in [0.25, 0.3) is 0 Å². The lowest BCUT2D eigenvalue weighted by Crippen LogP contribution is -2.33. The summed E-state index contributed by atoms with van der Waals surface area (Å²) < 4.78 is 0. The Morgan fingerprint density at radius 2 is 1.68 bits per heavy atom. The van der Waals surface area contributed by atoms with Crippen LogP contribution >= 0.6 is 0 Å². The van der Waals surface area contributed by atoms with Gasteiger partial charge < -0.3 is 10.4 Å². The minimum Gasteiger partial charge on any atom is -0.395 e. The first-order valence-electron chi connectivity index (χ1n) is 6.69. The Labute approximate surface area is 115 Å². The summed E-state index contributed by atoms with van der Waals surface area (Å²) in [5.41, 5.74) is 3.69.